The molecule has 0 unspecified atom stereocenters. The molecule has 0 fully saturated rings. The molecule has 0 spiro atoms. The predicted molar refractivity (Wildman–Crippen MR) is 43.8 cm³/mol. The summed E-state index contributed by atoms with van der Waals surface area (Å²) in [6.07, 6.45) is 3.26. The van der Waals surface area contributed by atoms with Gasteiger partial charge in [0.2, 0.25) is 0 Å². The fourth-order valence-electron chi connectivity index (χ4n) is 1.02. The van der Waals surface area contributed by atoms with E-state index in [0.717, 1.165) is 24.8 Å². The molecule has 0 bridgehead atoms. The summed E-state index contributed by atoms with van der Waals surface area (Å²) in [6.45, 7) is 2.13. The molecule has 11 heavy (non-hydrogen) atoms. The zero-order chi connectivity index (χ0) is 8.10. The van der Waals surface area contributed by atoms with Gasteiger partial charge < -0.3 is 0 Å². The van der Waals surface area contributed by atoms with Crippen LogP contribution in [0.2, 0.25) is 0 Å². The van der Waals surface area contributed by atoms with E-state index in [1.165, 1.54) is 0 Å². The lowest BCUT2D eigenvalue weighted by Crippen LogP contribution is -1.85. The van der Waals surface area contributed by atoms with Gasteiger partial charge in [-0.3, -0.25) is 0 Å². The van der Waals surface area contributed by atoms with Crippen molar-refractivity contribution in [1.82, 2.24) is 0 Å². The van der Waals surface area contributed by atoms with Crippen molar-refractivity contribution in [2.75, 3.05) is 0 Å². The van der Waals surface area contributed by atoms with Crippen molar-refractivity contribution in [2.45, 2.75) is 26.2 Å². The standard InChI is InChI=1S/C10H12F/c1-2-3-5-9-6-4-7-10(11)8-9/h4,6,8H,2-3,5H2,1H3. The average Bonchev–Trinajstić information content (AvgIpc) is 2.01. The average molecular weight is 151 g/mol. The van der Waals surface area contributed by atoms with Crippen LogP contribution in [0.15, 0.2) is 18.2 Å². The Labute approximate surface area is 67.1 Å². The fraction of sp³-hybridized carbons (Fsp3) is 0.400. The van der Waals surface area contributed by atoms with Crippen LogP contribution in [0.25, 0.3) is 0 Å². The van der Waals surface area contributed by atoms with Gasteiger partial charge in [-0.2, -0.15) is 0 Å². The minimum Gasteiger partial charge on any atom is -0.206 e. The first-order chi connectivity index (χ1) is 5.33. The van der Waals surface area contributed by atoms with Crippen molar-refractivity contribution < 1.29 is 4.39 Å². The van der Waals surface area contributed by atoms with E-state index in [-0.39, 0.29) is 5.82 Å². The summed E-state index contributed by atoms with van der Waals surface area (Å²) in [6, 6.07) is 7.59. The van der Waals surface area contributed by atoms with Crippen LogP contribution in [0.3, 0.4) is 0 Å². The molecule has 0 saturated heterocycles. The van der Waals surface area contributed by atoms with E-state index in [2.05, 4.69) is 13.0 Å². The Kier molecular flexibility index (Phi) is 3.09. The van der Waals surface area contributed by atoms with E-state index in [4.69, 9.17) is 0 Å². The molecule has 1 aromatic rings. The summed E-state index contributed by atoms with van der Waals surface area (Å²) in [5.74, 6) is -0.251. The molecule has 0 heterocycles. The van der Waals surface area contributed by atoms with E-state index < -0.39 is 0 Å². The van der Waals surface area contributed by atoms with E-state index in [0.29, 0.717) is 0 Å². The molecule has 0 nitrogen and oxygen atoms in total. The second-order valence-electron chi connectivity index (χ2n) is 2.65. The number of hydrogen-bond acceptors (Lipinski definition) is 0. The third-order valence-corrected chi connectivity index (χ3v) is 1.65. The molecular formula is C10H12F. The summed E-state index contributed by atoms with van der Waals surface area (Å²) >= 11 is 0. The lowest BCUT2D eigenvalue weighted by molar-refractivity contribution is 0.622. The van der Waals surface area contributed by atoms with Crippen LogP contribution < -0.4 is 0 Å². The molecule has 0 saturated carbocycles. The zero-order valence-electron chi connectivity index (χ0n) is 6.73. The van der Waals surface area contributed by atoms with E-state index >= 15 is 0 Å². The molecule has 0 amide bonds. The lowest BCUT2D eigenvalue weighted by atomic mass is 10.1. The van der Waals surface area contributed by atoms with Crippen molar-refractivity contribution in [3.63, 3.8) is 0 Å². The van der Waals surface area contributed by atoms with Gasteiger partial charge in [0.05, 0.1) is 0 Å². The summed E-state index contributed by atoms with van der Waals surface area (Å²) < 4.78 is 12.5. The fourth-order valence-corrected chi connectivity index (χ4v) is 1.02. The lowest BCUT2D eigenvalue weighted by Gasteiger charge is -1.97. The van der Waals surface area contributed by atoms with Crippen molar-refractivity contribution in [2.24, 2.45) is 0 Å². The van der Waals surface area contributed by atoms with Crippen LogP contribution in [0, 0.1) is 11.9 Å². The number of aryl methyl sites for hydroxylation is 1. The minimum absolute atomic E-state index is 0.251. The molecule has 0 aromatic heterocycles. The maximum Gasteiger partial charge on any atom is 0.131 e. The number of benzene rings is 1. The first-order valence-electron chi connectivity index (χ1n) is 3.99. The molecule has 0 aliphatic heterocycles. The maximum absolute atomic E-state index is 12.5. The molecule has 1 rings (SSSR count). The van der Waals surface area contributed by atoms with Gasteiger partial charge in [0, 0.05) is 6.07 Å². The second kappa shape index (κ2) is 4.12. The smallest absolute Gasteiger partial charge is 0.131 e. The first kappa shape index (κ1) is 8.25. The van der Waals surface area contributed by atoms with Crippen molar-refractivity contribution in [1.29, 1.82) is 0 Å². The number of unbranched alkanes of at least 4 members (excludes halogenated alkanes) is 1. The van der Waals surface area contributed by atoms with Gasteiger partial charge >= 0.3 is 0 Å². The summed E-state index contributed by atoms with van der Waals surface area (Å²) in [7, 11) is 0. The minimum atomic E-state index is -0.251. The largest absolute Gasteiger partial charge is 0.206 e. The normalized spacial score (nSPS) is 10.0. The van der Waals surface area contributed by atoms with E-state index in [9.17, 15) is 4.39 Å². The van der Waals surface area contributed by atoms with Gasteiger partial charge in [0.1, 0.15) is 5.82 Å². The van der Waals surface area contributed by atoms with Crippen LogP contribution in [-0.4, -0.2) is 0 Å². The van der Waals surface area contributed by atoms with Gasteiger partial charge in [-0.05, 0) is 24.5 Å². The van der Waals surface area contributed by atoms with Gasteiger partial charge in [-0.15, -0.1) is 0 Å². The highest BCUT2D eigenvalue weighted by Crippen LogP contribution is 2.06. The Bertz CT molecular complexity index is 218. The van der Waals surface area contributed by atoms with Gasteiger partial charge in [-0.1, -0.05) is 25.5 Å². The SMILES string of the molecule is CCCCc1cc[c]c(F)c1. The summed E-state index contributed by atoms with van der Waals surface area (Å²) in [5, 5.41) is 0. The van der Waals surface area contributed by atoms with Crippen molar-refractivity contribution in [3.05, 3.63) is 35.6 Å². The monoisotopic (exact) mass is 151 g/mol. The molecule has 0 N–H and O–H groups in total. The molecular weight excluding hydrogens is 139 g/mol. The molecule has 1 radical (unpaired) electrons. The highest BCUT2D eigenvalue weighted by atomic mass is 19.1. The van der Waals surface area contributed by atoms with Gasteiger partial charge in [0.25, 0.3) is 0 Å². The molecule has 59 valence electrons. The number of halogens is 1. The molecule has 0 aliphatic carbocycles. The van der Waals surface area contributed by atoms with Crippen molar-refractivity contribution in [3.8, 4) is 0 Å². The van der Waals surface area contributed by atoms with Gasteiger partial charge in [0.15, 0.2) is 0 Å². The third-order valence-electron chi connectivity index (χ3n) is 1.65. The molecule has 1 heteroatoms. The quantitative estimate of drug-likeness (QED) is 0.623. The number of hydrogen-bond donors (Lipinski definition) is 0. The van der Waals surface area contributed by atoms with Crippen molar-refractivity contribution >= 4 is 0 Å². The van der Waals surface area contributed by atoms with E-state index in [1.54, 1.807) is 12.1 Å². The highest BCUT2D eigenvalue weighted by Gasteiger charge is 1.93. The number of rotatable bonds is 3. The Morgan fingerprint density at radius 1 is 1.55 bits per heavy atom. The first-order valence-corrected chi connectivity index (χ1v) is 3.99. The molecule has 1 aromatic carbocycles. The topological polar surface area (TPSA) is 0 Å². The Morgan fingerprint density at radius 3 is 3.00 bits per heavy atom. The zero-order valence-corrected chi connectivity index (χ0v) is 6.73. The Hall–Kier alpha value is -0.850. The predicted octanol–water partition coefficient (Wildman–Crippen LogP) is 2.97. The van der Waals surface area contributed by atoms with E-state index in [1.807, 2.05) is 6.07 Å². The maximum atomic E-state index is 12.5. The summed E-state index contributed by atoms with van der Waals surface area (Å²) in [5.41, 5.74) is 1.07. The van der Waals surface area contributed by atoms with Crippen LogP contribution in [-0.2, 0) is 6.42 Å². The van der Waals surface area contributed by atoms with Crippen LogP contribution in [0.5, 0.6) is 0 Å². The van der Waals surface area contributed by atoms with Crippen LogP contribution in [0.1, 0.15) is 25.3 Å². The van der Waals surface area contributed by atoms with Gasteiger partial charge in [-0.25, -0.2) is 4.39 Å². The second-order valence-corrected chi connectivity index (χ2v) is 2.65. The van der Waals surface area contributed by atoms with Crippen LogP contribution in [0.4, 0.5) is 4.39 Å². The molecule has 0 atom stereocenters. The van der Waals surface area contributed by atoms with Crippen LogP contribution >= 0.6 is 0 Å². The molecule has 0 aliphatic rings. The highest BCUT2D eigenvalue weighted by molar-refractivity contribution is 5.15. The summed E-state index contributed by atoms with van der Waals surface area (Å²) in [4.78, 5) is 0. The Morgan fingerprint density at radius 2 is 2.36 bits per heavy atom. The third kappa shape index (κ3) is 2.71. The Balaban J connectivity index is 2.56.